The van der Waals surface area contributed by atoms with Gasteiger partial charge in [-0.3, -0.25) is 4.79 Å². The SMILES string of the molecule is NC(=S)C(NC(=O)C1CCCc2sccc21)C1CC1. The van der Waals surface area contributed by atoms with Gasteiger partial charge in [-0.2, -0.15) is 0 Å². The summed E-state index contributed by atoms with van der Waals surface area (Å²) in [7, 11) is 0. The highest BCUT2D eigenvalue weighted by atomic mass is 32.1. The van der Waals surface area contributed by atoms with E-state index in [-0.39, 0.29) is 17.9 Å². The lowest BCUT2D eigenvalue weighted by molar-refractivity contribution is -0.123. The highest BCUT2D eigenvalue weighted by molar-refractivity contribution is 7.80. The van der Waals surface area contributed by atoms with Crippen molar-refractivity contribution in [2.45, 2.75) is 44.1 Å². The van der Waals surface area contributed by atoms with Crippen LogP contribution in [0, 0.1) is 5.92 Å². The van der Waals surface area contributed by atoms with E-state index in [4.69, 9.17) is 18.0 Å². The Bertz CT molecular complexity index is 507. The molecule has 1 amide bonds. The molecular weight excluding hydrogens is 276 g/mol. The van der Waals surface area contributed by atoms with Crippen LogP contribution in [-0.4, -0.2) is 16.9 Å². The minimum Gasteiger partial charge on any atom is -0.392 e. The summed E-state index contributed by atoms with van der Waals surface area (Å²) in [5.74, 6) is 0.557. The summed E-state index contributed by atoms with van der Waals surface area (Å²) in [6, 6.07) is 1.99. The molecule has 1 aromatic rings. The van der Waals surface area contributed by atoms with Gasteiger partial charge in [0.1, 0.15) is 0 Å². The Morgan fingerprint density at radius 2 is 2.26 bits per heavy atom. The zero-order valence-corrected chi connectivity index (χ0v) is 12.4. The number of rotatable bonds is 4. The standard InChI is InChI=1S/C14H18N2OS2/c15-13(18)12(8-4-5-8)16-14(17)10-2-1-3-11-9(10)6-7-19-11/h6-8,10,12H,1-5H2,(H2,15,18)(H,16,17). The molecule has 0 bridgehead atoms. The Morgan fingerprint density at radius 1 is 1.47 bits per heavy atom. The van der Waals surface area contributed by atoms with E-state index in [1.54, 1.807) is 11.3 Å². The zero-order valence-electron chi connectivity index (χ0n) is 10.7. The van der Waals surface area contributed by atoms with Crippen LogP contribution in [0.25, 0.3) is 0 Å². The van der Waals surface area contributed by atoms with Crippen LogP contribution in [0.15, 0.2) is 11.4 Å². The Kier molecular flexibility index (Phi) is 3.58. The summed E-state index contributed by atoms with van der Waals surface area (Å²) >= 11 is 6.84. The van der Waals surface area contributed by atoms with Gasteiger partial charge in [-0.05, 0) is 55.0 Å². The minimum absolute atomic E-state index is 0.00870. The zero-order chi connectivity index (χ0) is 13.4. The average Bonchev–Trinajstić information content (AvgIpc) is 3.11. The van der Waals surface area contributed by atoms with Gasteiger partial charge in [0, 0.05) is 4.88 Å². The number of thiocarbonyl (C=S) groups is 1. The molecule has 3 rings (SSSR count). The van der Waals surface area contributed by atoms with E-state index in [1.807, 2.05) is 0 Å². The summed E-state index contributed by atoms with van der Waals surface area (Å²) in [6.45, 7) is 0. The molecule has 0 aromatic carbocycles. The van der Waals surface area contributed by atoms with Crippen LogP contribution < -0.4 is 11.1 Å². The predicted octanol–water partition coefficient (Wildman–Crippen LogP) is 2.35. The first-order chi connectivity index (χ1) is 9.16. The van der Waals surface area contributed by atoms with E-state index in [1.165, 1.54) is 10.4 Å². The molecule has 2 unspecified atom stereocenters. The number of nitrogens with one attached hydrogen (secondary N) is 1. The third-order valence-electron chi connectivity index (χ3n) is 4.07. The van der Waals surface area contributed by atoms with Gasteiger partial charge in [-0.15, -0.1) is 11.3 Å². The van der Waals surface area contributed by atoms with Gasteiger partial charge < -0.3 is 11.1 Å². The fourth-order valence-electron chi connectivity index (χ4n) is 2.86. The quantitative estimate of drug-likeness (QED) is 0.838. The molecule has 102 valence electrons. The molecule has 0 radical (unpaired) electrons. The van der Waals surface area contributed by atoms with Crippen molar-refractivity contribution in [3.05, 3.63) is 21.9 Å². The van der Waals surface area contributed by atoms with Gasteiger partial charge in [-0.1, -0.05) is 12.2 Å². The molecule has 2 atom stereocenters. The molecule has 0 saturated heterocycles. The van der Waals surface area contributed by atoms with Crippen LogP contribution in [0.5, 0.6) is 0 Å². The second-order valence-electron chi connectivity index (χ2n) is 5.47. The summed E-state index contributed by atoms with van der Waals surface area (Å²) < 4.78 is 0. The molecule has 5 heteroatoms. The van der Waals surface area contributed by atoms with Crippen molar-refractivity contribution in [1.82, 2.24) is 5.32 Å². The molecule has 2 aliphatic carbocycles. The lowest BCUT2D eigenvalue weighted by Gasteiger charge is -2.25. The number of hydrogen-bond acceptors (Lipinski definition) is 3. The first kappa shape index (κ1) is 13.1. The molecule has 1 aromatic heterocycles. The molecule has 2 aliphatic rings. The third-order valence-corrected chi connectivity index (χ3v) is 5.32. The molecule has 0 spiro atoms. The summed E-state index contributed by atoms with van der Waals surface area (Å²) in [6.07, 6.45) is 5.38. The monoisotopic (exact) mass is 294 g/mol. The lowest BCUT2D eigenvalue weighted by atomic mass is 9.87. The molecule has 3 nitrogen and oxygen atoms in total. The fourth-order valence-corrected chi connectivity index (χ4v) is 4.10. The van der Waals surface area contributed by atoms with Crippen LogP contribution in [-0.2, 0) is 11.2 Å². The van der Waals surface area contributed by atoms with Gasteiger partial charge in [0.25, 0.3) is 0 Å². The molecule has 19 heavy (non-hydrogen) atoms. The molecular formula is C14H18N2OS2. The topological polar surface area (TPSA) is 55.1 Å². The first-order valence-corrected chi connectivity index (χ1v) is 8.11. The Labute approximate surface area is 122 Å². The van der Waals surface area contributed by atoms with Crippen molar-refractivity contribution < 1.29 is 4.79 Å². The fraction of sp³-hybridized carbons (Fsp3) is 0.571. The highest BCUT2D eigenvalue weighted by Crippen LogP contribution is 2.36. The maximum Gasteiger partial charge on any atom is 0.228 e. The number of hydrogen-bond donors (Lipinski definition) is 2. The van der Waals surface area contributed by atoms with Gasteiger partial charge >= 0.3 is 0 Å². The third kappa shape index (κ3) is 2.67. The maximum absolute atomic E-state index is 12.5. The van der Waals surface area contributed by atoms with E-state index < -0.39 is 0 Å². The van der Waals surface area contributed by atoms with Crippen LogP contribution in [0.1, 0.15) is 42.0 Å². The van der Waals surface area contributed by atoms with E-state index in [0.717, 1.165) is 32.1 Å². The molecule has 1 heterocycles. The Hall–Kier alpha value is -0.940. The van der Waals surface area contributed by atoms with E-state index >= 15 is 0 Å². The number of carbonyl (C=O) groups excluding carboxylic acids is 1. The van der Waals surface area contributed by atoms with Gasteiger partial charge in [0.2, 0.25) is 5.91 Å². The van der Waals surface area contributed by atoms with Crippen LogP contribution in [0.2, 0.25) is 0 Å². The number of fused-ring (bicyclic) bond motifs is 1. The molecule has 1 fully saturated rings. The van der Waals surface area contributed by atoms with E-state index in [2.05, 4.69) is 16.8 Å². The first-order valence-electron chi connectivity index (χ1n) is 6.83. The van der Waals surface area contributed by atoms with Crippen LogP contribution >= 0.6 is 23.6 Å². The molecule has 1 saturated carbocycles. The normalized spacial score (nSPS) is 23.5. The maximum atomic E-state index is 12.5. The smallest absolute Gasteiger partial charge is 0.228 e. The average molecular weight is 294 g/mol. The Balaban J connectivity index is 1.73. The number of aryl methyl sites for hydroxylation is 1. The van der Waals surface area contributed by atoms with Crippen LogP contribution in [0.3, 0.4) is 0 Å². The predicted molar refractivity (Wildman–Crippen MR) is 81.4 cm³/mol. The second kappa shape index (κ2) is 5.21. The largest absolute Gasteiger partial charge is 0.392 e. The van der Waals surface area contributed by atoms with Crippen molar-refractivity contribution in [3.8, 4) is 0 Å². The van der Waals surface area contributed by atoms with Crippen LogP contribution in [0.4, 0.5) is 0 Å². The lowest BCUT2D eigenvalue weighted by Crippen LogP contribution is -2.47. The van der Waals surface area contributed by atoms with E-state index in [9.17, 15) is 4.79 Å². The van der Waals surface area contributed by atoms with Gasteiger partial charge in [0.05, 0.1) is 16.9 Å². The summed E-state index contributed by atoms with van der Waals surface area (Å²) in [4.78, 5) is 14.3. The Morgan fingerprint density at radius 3 is 2.95 bits per heavy atom. The molecule has 3 N–H and O–H groups in total. The molecule has 0 aliphatic heterocycles. The van der Waals surface area contributed by atoms with Crippen molar-refractivity contribution >= 4 is 34.5 Å². The number of thiophene rings is 1. The van der Waals surface area contributed by atoms with E-state index in [0.29, 0.717) is 10.9 Å². The summed E-state index contributed by atoms with van der Waals surface area (Å²) in [5.41, 5.74) is 6.96. The summed E-state index contributed by atoms with van der Waals surface area (Å²) in [5, 5.41) is 5.16. The highest BCUT2D eigenvalue weighted by Gasteiger charge is 2.36. The minimum atomic E-state index is -0.105. The van der Waals surface area contributed by atoms with Crippen molar-refractivity contribution in [3.63, 3.8) is 0 Å². The van der Waals surface area contributed by atoms with Crippen molar-refractivity contribution in [2.24, 2.45) is 11.7 Å². The number of nitrogens with two attached hydrogens (primary N) is 1. The van der Waals surface area contributed by atoms with Crippen molar-refractivity contribution in [1.29, 1.82) is 0 Å². The second-order valence-corrected chi connectivity index (χ2v) is 6.94. The van der Waals surface area contributed by atoms with Gasteiger partial charge in [0.15, 0.2) is 0 Å². The number of amides is 1. The number of carbonyl (C=O) groups is 1. The van der Waals surface area contributed by atoms with Crippen molar-refractivity contribution in [2.75, 3.05) is 0 Å². The van der Waals surface area contributed by atoms with Gasteiger partial charge in [-0.25, -0.2) is 0 Å².